The summed E-state index contributed by atoms with van der Waals surface area (Å²) in [4.78, 5) is 44.7. The minimum Gasteiger partial charge on any atom is -0.479 e. The van der Waals surface area contributed by atoms with E-state index in [-0.39, 0.29) is 18.4 Å². The maximum absolute atomic E-state index is 12.4. The van der Waals surface area contributed by atoms with Gasteiger partial charge in [0.05, 0.1) is 39.2 Å². The number of aromatic carboxylic acids is 1. The summed E-state index contributed by atoms with van der Waals surface area (Å²) < 4.78 is 12.2. The van der Waals surface area contributed by atoms with Gasteiger partial charge in [0.2, 0.25) is 11.2 Å². The van der Waals surface area contributed by atoms with E-state index in [0.717, 1.165) is 27.8 Å². The molecule has 2 atom stereocenters. The van der Waals surface area contributed by atoms with E-state index in [1.165, 1.54) is 22.7 Å². The number of carboxylic acid groups (broad SMARTS) is 3. The van der Waals surface area contributed by atoms with E-state index in [2.05, 4.69) is 22.1 Å². The molecule has 0 aliphatic rings. The molecule has 0 saturated heterocycles. The summed E-state index contributed by atoms with van der Waals surface area (Å²) in [6.07, 6.45) is 0.294. The Labute approximate surface area is 340 Å². The van der Waals surface area contributed by atoms with E-state index < -0.39 is 40.3 Å². The van der Waals surface area contributed by atoms with Gasteiger partial charge in [-0.3, -0.25) is 0 Å². The molecule has 296 valence electrons. The molecule has 0 fully saturated rings. The molecule has 0 radical (unpaired) electrons. The molecule has 12 heteroatoms. The van der Waals surface area contributed by atoms with Crippen molar-refractivity contribution in [3.8, 4) is 22.3 Å². The van der Waals surface area contributed by atoms with Crippen molar-refractivity contribution in [2.45, 2.75) is 76.8 Å². The Morgan fingerprint density at radius 1 is 0.544 bits per heavy atom. The fraction of sp³-hybridized carbons (Fsp3) is 0.267. The van der Waals surface area contributed by atoms with Crippen LogP contribution in [-0.4, -0.2) is 54.4 Å². The summed E-state index contributed by atoms with van der Waals surface area (Å²) in [5.41, 5.74) is 4.92. The Balaban J connectivity index is 0.000000219. The summed E-state index contributed by atoms with van der Waals surface area (Å²) in [5.74, 6) is -3.14. The highest BCUT2D eigenvalue weighted by molar-refractivity contribution is 7.07. The van der Waals surface area contributed by atoms with Crippen LogP contribution in [-0.2, 0) is 43.1 Å². The largest absolute Gasteiger partial charge is 0.479 e. The summed E-state index contributed by atoms with van der Waals surface area (Å²) >= 11 is 2.68. The third-order valence-electron chi connectivity index (χ3n) is 8.73. The van der Waals surface area contributed by atoms with Gasteiger partial charge < -0.3 is 24.8 Å². The molecule has 0 amide bonds. The number of thiazole rings is 2. The number of hydrogen-bond acceptors (Lipinski definition) is 9. The Kier molecular flexibility index (Phi) is 13.3. The number of carbonyl (C=O) groups is 3. The summed E-state index contributed by atoms with van der Waals surface area (Å²) in [7, 11) is 0. The van der Waals surface area contributed by atoms with E-state index in [4.69, 9.17) is 9.47 Å². The first-order valence-electron chi connectivity index (χ1n) is 18.1. The zero-order valence-corrected chi connectivity index (χ0v) is 34.3. The van der Waals surface area contributed by atoms with E-state index in [0.29, 0.717) is 17.0 Å². The topological polar surface area (TPSA) is 156 Å². The van der Waals surface area contributed by atoms with Crippen molar-refractivity contribution in [1.82, 2.24) is 9.97 Å². The molecule has 0 aliphatic carbocycles. The number of benzene rings is 4. The third kappa shape index (κ3) is 10.7. The normalized spacial score (nSPS) is 13.7. The highest BCUT2D eigenvalue weighted by atomic mass is 32.1. The molecule has 0 spiro atoms. The quantitative estimate of drug-likeness (QED) is 0.103. The maximum atomic E-state index is 12.4. The van der Waals surface area contributed by atoms with Gasteiger partial charge in [-0.1, -0.05) is 97.1 Å². The van der Waals surface area contributed by atoms with Gasteiger partial charge in [-0.05, 0) is 81.0 Å². The maximum Gasteiger partial charge on any atom is 0.342 e. The predicted octanol–water partition coefficient (Wildman–Crippen LogP) is 9.99. The molecule has 4 aromatic carbocycles. The number of carboxylic acids is 3. The first kappa shape index (κ1) is 42.6. The minimum absolute atomic E-state index is 0.0875. The lowest BCUT2D eigenvalue weighted by Gasteiger charge is -2.35. The highest BCUT2D eigenvalue weighted by Crippen LogP contribution is 2.37. The zero-order valence-electron chi connectivity index (χ0n) is 32.6. The smallest absolute Gasteiger partial charge is 0.342 e. The van der Waals surface area contributed by atoms with Gasteiger partial charge >= 0.3 is 17.9 Å². The summed E-state index contributed by atoms with van der Waals surface area (Å²) in [6.45, 7) is 11.0. The fourth-order valence-corrected chi connectivity index (χ4v) is 7.66. The van der Waals surface area contributed by atoms with Crippen LogP contribution in [0.15, 0.2) is 125 Å². The van der Waals surface area contributed by atoms with Crippen LogP contribution in [0.3, 0.4) is 0 Å². The lowest BCUT2D eigenvalue weighted by atomic mass is 9.89. The SMILES string of the molecule is CC(C)(C)OC(Cc1ccc(-c2ccccc2)cc1)(C(=O)O)c1cscn1.CC(C)(C)OC(Cc1ccc(-c2ccccc2C(=O)O)cc1)(C(=O)O)c1cscn1. The van der Waals surface area contributed by atoms with Crippen LogP contribution in [0, 0.1) is 0 Å². The van der Waals surface area contributed by atoms with Crippen LogP contribution in [0.2, 0.25) is 0 Å². The highest BCUT2D eigenvalue weighted by Gasteiger charge is 2.48. The Bertz CT molecular complexity index is 2250. The van der Waals surface area contributed by atoms with Crippen LogP contribution in [0.5, 0.6) is 0 Å². The summed E-state index contributed by atoms with van der Waals surface area (Å²) in [5, 5.41) is 33.1. The molecule has 6 rings (SSSR count). The third-order valence-corrected chi connectivity index (χ3v) is 9.91. The second kappa shape index (κ2) is 17.7. The second-order valence-corrected chi connectivity index (χ2v) is 16.8. The molecule has 2 unspecified atom stereocenters. The molecule has 6 aromatic rings. The molecule has 2 heterocycles. The van der Waals surface area contributed by atoms with Crippen molar-refractivity contribution in [2.24, 2.45) is 0 Å². The van der Waals surface area contributed by atoms with Crippen molar-refractivity contribution in [3.05, 3.63) is 153 Å². The van der Waals surface area contributed by atoms with Gasteiger partial charge in [0, 0.05) is 23.6 Å². The number of hydrogen-bond donors (Lipinski definition) is 3. The molecule has 10 nitrogen and oxygen atoms in total. The van der Waals surface area contributed by atoms with E-state index in [9.17, 15) is 29.7 Å². The molecule has 0 saturated carbocycles. The average molecular weight is 807 g/mol. The summed E-state index contributed by atoms with van der Waals surface area (Å²) in [6, 6.07) is 32.0. The lowest BCUT2D eigenvalue weighted by molar-refractivity contribution is -0.188. The molecule has 0 aliphatic heterocycles. The fourth-order valence-electron chi connectivity index (χ4n) is 6.43. The van der Waals surface area contributed by atoms with Gasteiger partial charge in [-0.2, -0.15) is 0 Å². The Hall–Kier alpha value is -5.53. The number of nitrogens with zero attached hydrogens (tertiary/aromatic N) is 2. The van der Waals surface area contributed by atoms with Gasteiger partial charge in [-0.15, -0.1) is 22.7 Å². The van der Waals surface area contributed by atoms with Crippen molar-refractivity contribution in [2.75, 3.05) is 0 Å². The number of aliphatic carboxylic acids is 2. The van der Waals surface area contributed by atoms with Crippen LogP contribution in [0.1, 0.15) is 74.4 Å². The number of ether oxygens (including phenoxy) is 2. The van der Waals surface area contributed by atoms with Crippen LogP contribution >= 0.6 is 22.7 Å². The average Bonchev–Trinajstić information content (AvgIpc) is 3.91. The number of aromatic nitrogens is 2. The molecule has 3 N–H and O–H groups in total. The zero-order chi connectivity index (χ0) is 41.4. The first-order chi connectivity index (χ1) is 26.9. The molecule has 2 aromatic heterocycles. The van der Waals surface area contributed by atoms with Crippen LogP contribution in [0.25, 0.3) is 22.3 Å². The first-order valence-corrected chi connectivity index (χ1v) is 20.0. The second-order valence-electron chi connectivity index (χ2n) is 15.4. The number of rotatable bonds is 13. The van der Waals surface area contributed by atoms with Gasteiger partial charge in [0.1, 0.15) is 0 Å². The van der Waals surface area contributed by atoms with Gasteiger partial charge in [-0.25, -0.2) is 24.4 Å². The van der Waals surface area contributed by atoms with E-state index in [1.807, 2.05) is 84.0 Å². The van der Waals surface area contributed by atoms with Crippen molar-refractivity contribution in [1.29, 1.82) is 0 Å². The molecule has 57 heavy (non-hydrogen) atoms. The molecular weight excluding hydrogens is 761 g/mol. The van der Waals surface area contributed by atoms with Gasteiger partial charge in [0.25, 0.3) is 0 Å². The van der Waals surface area contributed by atoms with Crippen molar-refractivity contribution < 1.29 is 39.2 Å². The molecule has 0 bridgehead atoms. The van der Waals surface area contributed by atoms with E-state index >= 15 is 0 Å². The minimum atomic E-state index is -1.63. The monoisotopic (exact) mass is 806 g/mol. The van der Waals surface area contributed by atoms with E-state index in [1.54, 1.807) is 70.3 Å². The van der Waals surface area contributed by atoms with Crippen molar-refractivity contribution in [3.63, 3.8) is 0 Å². The Morgan fingerprint density at radius 3 is 1.33 bits per heavy atom. The standard InChI is InChI=1S/C23H23NO5S.C22H23NO3S/c1-22(2,3)29-23(21(27)28,19-13-30-14-24-19)12-15-8-10-16(11-9-15)17-6-4-5-7-18(17)20(25)26;1-21(2,3)26-22(20(24)25,19-14-27-15-23-19)13-16-9-11-18(12-10-16)17-7-5-4-6-8-17/h4-11,13-14H,12H2,1-3H3,(H,25,26)(H,27,28);4-12,14-15H,13H2,1-3H3,(H,24,25). The lowest BCUT2D eigenvalue weighted by Crippen LogP contribution is -2.46. The Morgan fingerprint density at radius 2 is 0.947 bits per heavy atom. The molecular formula is C45H46N2O8S2. The van der Waals surface area contributed by atoms with Crippen LogP contribution in [0.4, 0.5) is 0 Å². The predicted molar refractivity (Wildman–Crippen MR) is 223 cm³/mol. The van der Waals surface area contributed by atoms with Crippen molar-refractivity contribution >= 4 is 40.6 Å². The van der Waals surface area contributed by atoms with Crippen LogP contribution < -0.4 is 0 Å². The van der Waals surface area contributed by atoms with Gasteiger partial charge in [0.15, 0.2) is 0 Å².